The Hall–Kier alpha value is -3.55. The Morgan fingerprint density at radius 2 is 1.88 bits per heavy atom. The number of carbonyl (C=O) groups is 2. The van der Waals surface area contributed by atoms with E-state index in [2.05, 4.69) is 15.8 Å². The molecule has 8 heteroatoms. The van der Waals surface area contributed by atoms with Gasteiger partial charge in [-0.05, 0) is 41.5 Å². The summed E-state index contributed by atoms with van der Waals surface area (Å²) < 4.78 is 15.5. The third-order valence-corrected chi connectivity index (χ3v) is 3.59. The van der Waals surface area contributed by atoms with Gasteiger partial charge in [0.05, 0.1) is 13.3 Å². The van der Waals surface area contributed by atoms with Crippen molar-refractivity contribution in [3.05, 3.63) is 53.6 Å². The highest BCUT2D eigenvalue weighted by molar-refractivity contribution is 6.35. The first-order valence-electron chi connectivity index (χ1n) is 7.79. The maximum Gasteiger partial charge on any atom is 0.329 e. The summed E-state index contributed by atoms with van der Waals surface area (Å²) in [6.07, 6.45) is 1.41. The molecule has 0 fully saturated rings. The molecule has 26 heavy (non-hydrogen) atoms. The number of hydrazone groups is 1. The van der Waals surface area contributed by atoms with Gasteiger partial charge in [0.15, 0.2) is 11.5 Å². The van der Waals surface area contributed by atoms with Crippen LogP contribution in [-0.4, -0.2) is 31.9 Å². The van der Waals surface area contributed by atoms with Crippen molar-refractivity contribution in [1.29, 1.82) is 0 Å². The molecule has 8 nitrogen and oxygen atoms in total. The molecule has 0 saturated carbocycles. The largest absolute Gasteiger partial charge is 0.497 e. The molecule has 0 atom stereocenters. The number of rotatable bonds is 5. The molecule has 2 amide bonds. The molecule has 0 aliphatic carbocycles. The van der Waals surface area contributed by atoms with Crippen LogP contribution in [0.4, 0.5) is 0 Å². The summed E-state index contributed by atoms with van der Waals surface area (Å²) in [6, 6.07) is 12.4. The maximum absolute atomic E-state index is 11.8. The van der Waals surface area contributed by atoms with Gasteiger partial charge in [0, 0.05) is 6.54 Å². The Labute approximate surface area is 149 Å². The lowest BCUT2D eigenvalue weighted by molar-refractivity contribution is -0.139. The summed E-state index contributed by atoms with van der Waals surface area (Å²) >= 11 is 0. The van der Waals surface area contributed by atoms with Crippen LogP contribution in [0.3, 0.4) is 0 Å². The lowest BCUT2D eigenvalue weighted by Crippen LogP contribution is -2.37. The first kappa shape index (κ1) is 17.3. The van der Waals surface area contributed by atoms with E-state index in [1.54, 1.807) is 49.6 Å². The normalized spacial score (nSPS) is 12.0. The molecule has 0 radical (unpaired) electrons. The van der Waals surface area contributed by atoms with Gasteiger partial charge in [-0.1, -0.05) is 12.1 Å². The summed E-state index contributed by atoms with van der Waals surface area (Å²) in [5.74, 6) is 0.358. The monoisotopic (exact) mass is 355 g/mol. The smallest absolute Gasteiger partial charge is 0.329 e. The second-order valence-electron chi connectivity index (χ2n) is 5.34. The molecular weight excluding hydrogens is 338 g/mol. The van der Waals surface area contributed by atoms with Crippen molar-refractivity contribution in [3.8, 4) is 17.2 Å². The van der Waals surface area contributed by atoms with Gasteiger partial charge in [-0.25, -0.2) is 5.43 Å². The van der Waals surface area contributed by atoms with Gasteiger partial charge in [-0.15, -0.1) is 0 Å². The van der Waals surface area contributed by atoms with Crippen LogP contribution in [0.15, 0.2) is 47.6 Å². The van der Waals surface area contributed by atoms with Crippen molar-refractivity contribution >= 4 is 18.0 Å². The van der Waals surface area contributed by atoms with E-state index in [0.717, 1.165) is 11.3 Å². The van der Waals surface area contributed by atoms with Crippen molar-refractivity contribution in [2.24, 2.45) is 5.10 Å². The molecule has 134 valence electrons. The zero-order chi connectivity index (χ0) is 18.4. The highest BCUT2D eigenvalue weighted by Crippen LogP contribution is 2.31. The predicted molar refractivity (Wildman–Crippen MR) is 93.1 cm³/mol. The van der Waals surface area contributed by atoms with Crippen molar-refractivity contribution in [1.82, 2.24) is 10.7 Å². The van der Waals surface area contributed by atoms with E-state index in [4.69, 9.17) is 14.2 Å². The van der Waals surface area contributed by atoms with E-state index in [-0.39, 0.29) is 13.3 Å². The molecule has 0 aromatic heterocycles. The molecule has 2 N–H and O–H groups in total. The number of hydrogen-bond donors (Lipinski definition) is 2. The average Bonchev–Trinajstić information content (AvgIpc) is 3.14. The zero-order valence-corrected chi connectivity index (χ0v) is 14.0. The summed E-state index contributed by atoms with van der Waals surface area (Å²) in [5.41, 5.74) is 3.72. The number of amides is 2. The minimum Gasteiger partial charge on any atom is -0.497 e. The summed E-state index contributed by atoms with van der Waals surface area (Å²) in [7, 11) is 1.57. The zero-order valence-electron chi connectivity index (χ0n) is 14.0. The Morgan fingerprint density at radius 3 is 2.65 bits per heavy atom. The van der Waals surface area contributed by atoms with Crippen molar-refractivity contribution in [2.45, 2.75) is 6.54 Å². The van der Waals surface area contributed by atoms with Gasteiger partial charge in [-0.2, -0.15) is 5.10 Å². The molecule has 1 aliphatic rings. The minimum atomic E-state index is -0.851. The highest BCUT2D eigenvalue weighted by Gasteiger charge is 2.13. The lowest BCUT2D eigenvalue weighted by Gasteiger charge is -2.05. The third kappa shape index (κ3) is 4.29. The average molecular weight is 355 g/mol. The summed E-state index contributed by atoms with van der Waals surface area (Å²) in [5, 5.41) is 6.28. The predicted octanol–water partition coefficient (Wildman–Crippen LogP) is 1.19. The maximum atomic E-state index is 11.8. The van der Waals surface area contributed by atoms with Gasteiger partial charge < -0.3 is 19.5 Å². The molecule has 0 unspecified atom stereocenters. The lowest BCUT2D eigenvalue weighted by atomic mass is 10.2. The van der Waals surface area contributed by atoms with Crippen LogP contribution in [0.1, 0.15) is 11.1 Å². The molecule has 0 bridgehead atoms. The highest BCUT2D eigenvalue weighted by atomic mass is 16.7. The molecule has 3 rings (SSSR count). The van der Waals surface area contributed by atoms with E-state index in [1.807, 2.05) is 0 Å². The first-order chi connectivity index (χ1) is 12.7. The standard InChI is InChI=1S/C18H17N3O5/c1-24-14-5-2-12(3-6-14)9-19-17(22)18(23)21-20-10-13-4-7-15-16(8-13)26-11-25-15/h2-8,10H,9,11H2,1H3,(H,19,22)(H,21,23)/b20-10-. The van der Waals surface area contributed by atoms with Gasteiger partial charge in [0.25, 0.3) is 0 Å². The Morgan fingerprint density at radius 1 is 1.12 bits per heavy atom. The Balaban J connectivity index is 1.47. The van der Waals surface area contributed by atoms with Crippen molar-refractivity contribution in [2.75, 3.05) is 13.9 Å². The number of nitrogens with one attached hydrogen (secondary N) is 2. The van der Waals surface area contributed by atoms with Crippen LogP contribution in [0, 0.1) is 0 Å². The van der Waals surface area contributed by atoms with Crippen LogP contribution < -0.4 is 25.0 Å². The van der Waals surface area contributed by atoms with Gasteiger partial charge in [0.1, 0.15) is 5.75 Å². The first-order valence-corrected chi connectivity index (χ1v) is 7.79. The quantitative estimate of drug-likeness (QED) is 0.477. The number of ether oxygens (including phenoxy) is 3. The number of carbonyl (C=O) groups excluding carboxylic acids is 2. The van der Waals surface area contributed by atoms with Gasteiger partial charge in [0.2, 0.25) is 6.79 Å². The Bertz CT molecular complexity index is 833. The molecule has 2 aromatic rings. The van der Waals surface area contributed by atoms with Crippen molar-refractivity contribution in [3.63, 3.8) is 0 Å². The topological polar surface area (TPSA) is 98.2 Å². The van der Waals surface area contributed by atoms with Gasteiger partial charge >= 0.3 is 11.8 Å². The van der Waals surface area contributed by atoms with E-state index in [0.29, 0.717) is 17.1 Å². The van der Waals surface area contributed by atoms with Crippen molar-refractivity contribution < 1.29 is 23.8 Å². The Kier molecular flexibility index (Phi) is 5.33. The molecule has 0 saturated heterocycles. The van der Waals surface area contributed by atoms with Gasteiger partial charge in [-0.3, -0.25) is 9.59 Å². The van der Waals surface area contributed by atoms with E-state index >= 15 is 0 Å². The van der Waals surface area contributed by atoms with Crippen LogP contribution >= 0.6 is 0 Å². The second kappa shape index (κ2) is 8.02. The fourth-order valence-electron chi connectivity index (χ4n) is 2.22. The fraction of sp³-hybridized carbons (Fsp3) is 0.167. The SMILES string of the molecule is COc1ccc(CNC(=O)C(=O)N/N=C\c2ccc3c(c2)OCO3)cc1. The summed E-state index contributed by atoms with van der Waals surface area (Å²) in [4.78, 5) is 23.5. The number of nitrogens with zero attached hydrogens (tertiary/aromatic N) is 1. The summed E-state index contributed by atoms with van der Waals surface area (Å²) in [6.45, 7) is 0.406. The van der Waals surface area contributed by atoms with E-state index in [9.17, 15) is 9.59 Å². The molecule has 2 aromatic carbocycles. The minimum absolute atomic E-state index is 0.182. The molecular formula is C18H17N3O5. The molecule has 1 aliphatic heterocycles. The molecule has 1 heterocycles. The van der Waals surface area contributed by atoms with Crippen LogP contribution in [0.2, 0.25) is 0 Å². The third-order valence-electron chi connectivity index (χ3n) is 3.59. The van der Waals surface area contributed by atoms with Crippen LogP contribution in [-0.2, 0) is 16.1 Å². The van der Waals surface area contributed by atoms with Crippen LogP contribution in [0.25, 0.3) is 0 Å². The second-order valence-corrected chi connectivity index (χ2v) is 5.34. The fourth-order valence-corrected chi connectivity index (χ4v) is 2.22. The number of fused-ring (bicyclic) bond motifs is 1. The number of benzene rings is 2. The van der Waals surface area contributed by atoms with Crippen LogP contribution in [0.5, 0.6) is 17.2 Å². The van der Waals surface area contributed by atoms with E-state index < -0.39 is 11.8 Å². The molecule has 0 spiro atoms. The number of methoxy groups -OCH3 is 1. The van der Waals surface area contributed by atoms with E-state index in [1.165, 1.54) is 6.21 Å². The number of hydrogen-bond acceptors (Lipinski definition) is 6.